The predicted molar refractivity (Wildman–Crippen MR) is 90.1 cm³/mol. The van der Waals surface area contributed by atoms with E-state index in [1.54, 1.807) is 0 Å². The van der Waals surface area contributed by atoms with Crippen molar-refractivity contribution in [1.29, 1.82) is 0 Å². The van der Waals surface area contributed by atoms with Crippen LogP contribution in [0.15, 0.2) is 42.7 Å². The van der Waals surface area contributed by atoms with Crippen molar-refractivity contribution in [3.05, 3.63) is 42.7 Å². The first-order chi connectivity index (χ1) is 9.96. The van der Waals surface area contributed by atoms with E-state index in [0.29, 0.717) is 17.8 Å². The molecule has 116 valence electrons. The van der Waals surface area contributed by atoms with E-state index in [4.69, 9.17) is 4.52 Å². The SMILES string of the molecule is C=CP(=O)(OC1CC(C)CCC1C(C)C)c1ccccc1. The van der Waals surface area contributed by atoms with E-state index < -0.39 is 7.37 Å². The minimum absolute atomic E-state index is 0.0674. The molecule has 0 aliphatic heterocycles. The van der Waals surface area contributed by atoms with Crippen LogP contribution in [-0.4, -0.2) is 6.10 Å². The van der Waals surface area contributed by atoms with Crippen molar-refractivity contribution in [3.63, 3.8) is 0 Å². The van der Waals surface area contributed by atoms with Gasteiger partial charge in [0.25, 0.3) is 7.37 Å². The second kappa shape index (κ2) is 6.94. The van der Waals surface area contributed by atoms with E-state index in [1.165, 1.54) is 12.2 Å². The van der Waals surface area contributed by atoms with E-state index in [-0.39, 0.29) is 6.10 Å². The molecule has 0 spiro atoms. The Bertz CT molecular complexity index is 509. The second-order valence-corrected chi connectivity index (χ2v) is 8.87. The van der Waals surface area contributed by atoms with Gasteiger partial charge in [-0.05, 0) is 48.5 Å². The second-order valence-electron chi connectivity index (χ2n) is 6.59. The van der Waals surface area contributed by atoms with Crippen molar-refractivity contribution in [3.8, 4) is 0 Å². The van der Waals surface area contributed by atoms with Crippen molar-refractivity contribution in [2.24, 2.45) is 17.8 Å². The van der Waals surface area contributed by atoms with Gasteiger partial charge in [0.2, 0.25) is 0 Å². The lowest BCUT2D eigenvalue weighted by Crippen LogP contribution is -2.34. The Labute approximate surface area is 129 Å². The molecule has 0 saturated heterocycles. The molecule has 0 radical (unpaired) electrons. The van der Waals surface area contributed by atoms with Crippen molar-refractivity contribution in [2.75, 3.05) is 0 Å². The fraction of sp³-hybridized carbons (Fsp3) is 0.556. The van der Waals surface area contributed by atoms with E-state index in [0.717, 1.165) is 18.1 Å². The normalized spacial score (nSPS) is 29.0. The van der Waals surface area contributed by atoms with Gasteiger partial charge in [0.05, 0.1) is 6.10 Å². The monoisotopic (exact) mass is 306 g/mol. The summed E-state index contributed by atoms with van der Waals surface area (Å²) >= 11 is 0. The Kier molecular flexibility index (Phi) is 5.46. The van der Waals surface area contributed by atoms with Gasteiger partial charge in [-0.2, -0.15) is 0 Å². The topological polar surface area (TPSA) is 26.3 Å². The van der Waals surface area contributed by atoms with Crippen LogP contribution in [0.1, 0.15) is 40.0 Å². The molecule has 4 atom stereocenters. The molecule has 0 heterocycles. The third-order valence-electron chi connectivity index (χ3n) is 4.61. The maximum Gasteiger partial charge on any atom is 0.253 e. The van der Waals surface area contributed by atoms with Crippen LogP contribution in [-0.2, 0) is 9.09 Å². The molecule has 1 fully saturated rings. The fourth-order valence-electron chi connectivity index (χ4n) is 3.28. The quantitative estimate of drug-likeness (QED) is 0.698. The fourth-order valence-corrected chi connectivity index (χ4v) is 4.93. The lowest BCUT2D eigenvalue weighted by Gasteiger charge is -2.38. The Morgan fingerprint density at radius 1 is 1.29 bits per heavy atom. The van der Waals surface area contributed by atoms with E-state index in [9.17, 15) is 4.57 Å². The van der Waals surface area contributed by atoms with Crippen LogP contribution in [0.5, 0.6) is 0 Å². The highest BCUT2D eigenvalue weighted by Crippen LogP contribution is 2.51. The van der Waals surface area contributed by atoms with Gasteiger partial charge in [-0.15, -0.1) is 0 Å². The highest BCUT2D eigenvalue weighted by atomic mass is 31.2. The molecule has 2 nitrogen and oxygen atoms in total. The maximum atomic E-state index is 13.2. The first-order valence-electron chi connectivity index (χ1n) is 7.93. The molecule has 0 N–H and O–H groups in total. The summed E-state index contributed by atoms with van der Waals surface area (Å²) in [6.07, 6.45) is 3.47. The summed E-state index contributed by atoms with van der Waals surface area (Å²) in [5, 5.41) is 0.751. The zero-order chi connectivity index (χ0) is 15.5. The molecule has 21 heavy (non-hydrogen) atoms. The molecule has 1 saturated carbocycles. The van der Waals surface area contributed by atoms with Crippen LogP contribution in [0, 0.1) is 17.8 Å². The van der Waals surface area contributed by atoms with Crippen LogP contribution in [0.25, 0.3) is 0 Å². The first-order valence-corrected chi connectivity index (χ1v) is 9.63. The summed E-state index contributed by atoms with van der Waals surface area (Å²) in [5.74, 6) is 3.19. The standard InChI is InChI=1S/C18H27O2P/c1-5-21(19,16-9-7-6-8-10-16)20-18-13-15(4)11-12-17(18)14(2)3/h5-10,14-15,17-18H,1,11-13H2,2-4H3. The molecular formula is C18H27O2P. The summed E-state index contributed by atoms with van der Waals surface area (Å²) in [4.78, 5) is 0. The third-order valence-corrected chi connectivity index (χ3v) is 6.69. The summed E-state index contributed by atoms with van der Waals surface area (Å²) in [6, 6.07) is 9.48. The summed E-state index contributed by atoms with van der Waals surface area (Å²) in [6.45, 7) is 10.5. The van der Waals surface area contributed by atoms with E-state index in [1.807, 2.05) is 30.3 Å². The Balaban J connectivity index is 2.23. The lowest BCUT2D eigenvalue weighted by molar-refractivity contribution is 0.0512. The molecule has 1 aromatic carbocycles. The zero-order valence-corrected chi connectivity index (χ0v) is 14.3. The van der Waals surface area contributed by atoms with Crippen LogP contribution < -0.4 is 5.30 Å². The van der Waals surface area contributed by atoms with E-state index >= 15 is 0 Å². The smallest absolute Gasteiger partial charge is 0.253 e. The minimum atomic E-state index is -2.96. The van der Waals surface area contributed by atoms with Crippen LogP contribution in [0.2, 0.25) is 0 Å². The van der Waals surface area contributed by atoms with Gasteiger partial charge in [0, 0.05) is 5.30 Å². The van der Waals surface area contributed by atoms with Crippen molar-refractivity contribution in [1.82, 2.24) is 0 Å². The summed E-state index contributed by atoms with van der Waals surface area (Å²) in [5.41, 5.74) is 0. The van der Waals surface area contributed by atoms with Gasteiger partial charge in [-0.3, -0.25) is 4.57 Å². The zero-order valence-electron chi connectivity index (χ0n) is 13.4. The van der Waals surface area contributed by atoms with E-state index in [2.05, 4.69) is 27.4 Å². The number of hydrogen-bond donors (Lipinski definition) is 0. The van der Waals surface area contributed by atoms with Gasteiger partial charge < -0.3 is 4.52 Å². The summed E-state index contributed by atoms with van der Waals surface area (Å²) in [7, 11) is -2.96. The highest BCUT2D eigenvalue weighted by molar-refractivity contribution is 7.70. The number of hydrogen-bond acceptors (Lipinski definition) is 2. The third kappa shape index (κ3) is 3.87. The number of benzene rings is 1. The Hall–Kier alpha value is -0.850. The average Bonchev–Trinajstić information content (AvgIpc) is 2.47. The largest absolute Gasteiger partial charge is 0.319 e. The van der Waals surface area contributed by atoms with Gasteiger partial charge >= 0.3 is 0 Å². The van der Waals surface area contributed by atoms with Crippen molar-refractivity contribution < 1.29 is 9.09 Å². The minimum Gasteiger partial charge on any atom is -0.319 e. The van der Waals surface area contributed by atoms with Crippen LogP contribution >= 0.6 is 7.37 Å². The molecule has 1 aliphatic rings. The summed E-state index contributed by atoms with van der Waals surface area (Å²) < 4.78 is 19.4. The number of rotatable bonds is 5. The molecule has 1 aliphatic carbocycles. The molecular weight excluding hydrogens is 279 g/mol. The highest BCUT2D eigenvalue weighted by Gasteiger charge is 2.36. The van der Waals surface area contributed by atoms with Gasteiger partial charge in [-0.25, -0.2) is 0 Å². The van der Waals surface area contributed by atoms with Crippen LogP contribution in [0.3, 0.4) is 0 Å². The van der Waals surface area contributed by atoms with Crippen LogP contribution in [0.4, 0.5) is 0 Å². The van der Waals surface area contributed by atoms with Gasteiger partial charge in [-0.1, -0.05) is 52.0 Å². The molecule has 0 bridgehead atoms. The first kappa shape index (κ1) is 16.5. The molecule has 3 heteroatoms. The van der Waals surface area contributed by atoms with Crippen molar-refractivity contribution >= 4 is 12.7 Å². The van der Waals surface area contributed by atoms with Gasteiger partial charge in [0.1, 0.15) is 0 Å². The molecule has 2 rings (SSSR count). The average molecular weight is 306 g/mol. The maximum absolute atomic E-state index is 13.2. The Morgan fingerprint density at radius 3 is 2.52 bits per heavy atom. The molecule has 0 aromatic heterocycles. The lowest BCUT2D eigenvalue weighted by atomic mass is 9.75. The molecule has 4 unspecified atom stereocenters. The van der Waals surface area contributed by atoms with Crippen molar-refractivity contribution in [2.45, 2.75) is 46.1 Å². The molecule has 0 amide bonds. The molecule has 1 aromatic rings. The van der Waals surface area contributed by atoms with Gasteiger partial charge in [0.15, 0.2) is 0 Å². The predicted octanol–water partition coefficient (Wildman–Crippen LogP) is 5.21. The Morgan fingerprint density at radius 2 is 1.95 bits per heavy atom.